The third kappa shape index (κ3) is 3.56. The highest BCUT2D eigenvalue weighted by Gasteiger charge is 2.34. The number of aromatic nitrogens is 3. The highest BCUT2D eigenvalue weighted by molar-refractivity contribution is 7.13. The van der Waals surface area contributed by atoms with Crippen molar-refractivity contribution in [1.29, 1.82) is 0 Å². The Labute approximate surface area is 138 Å². The summed E-state index contributed by atoms with van der Waals surface area (Å²) < 4.78 is 44.3. The van der Waals surface area contributed by atoms with Gasteiger partial charge in [-0.25, -0.2) is 0 Å². The molecule has 3 rings (SSSR count). The lowest BCUT2D eigenvalue weighted by molar-refractivity contribution is -0.139. The number of hydrogen-bond acceptors (Lipinski definition) is 5. The average molecular weight is 355 g/mol. The molecule has 0 bridgehead atoms. The zero-order chi connectivity index (χ0) is 17.2. The maximum Gasteiger partial charge on any atom is 0.421 e. The minimum absolute atomic E-state index is 0.138. The first kappa shape index (κ1) is 16.4. The van der Waals surface area contributed by atoms with Crippen molar-refractivity contribution in [2.45, 2.75) is 25.6 Å². The zero-order valence-electron chi connectivity index (χ0n) is 12.3. The number of thiophene rings is 1. The molecular weight excluding hydrogens is 343 g/mol. The predicted molar refractivity (Wildman–Crippen MR) is 81.6 cm³/mol. The molecule has 0 spiro atoms. The largest absolute Gasteiger partial charge is 0.421 e. The summed E-state index contributed by atoms with van der Waals surface area (Å²) in [5.74, 6) is 0.870. The zero-order valence-corrected chi connectivity index (χ0v) is 13.1. The molecule has 0 amide bonds. The summed E-state index contributed by atoms with van der Waals surface area (Å²) in [5.41, 5.74) is -2.21. The van der Waals surface area contributed by atoms with Crippen molar-refractivity contribution in [2.75, 3.05) is 0 Å². The Bertz CT molecular complexity index is 869. The molecule has 0 radical (unpaired) electrons. The van der Waals surface area contributed by atoms with Gasteiger partial charge in [0.25, 0.3) is 5.56 Å². The van der Waals surface area contributed by atoms with E-state index in [1.807, 2.05) is 17.5 Å². The molecule has 0 aliphatic heterocycles. The van der Waals surface area contributed by atoms with E-state index in [2.05, 4.69) is 10.1 Å². The number of rotatable bonds is 5. The van der Waals surface area contributed by atoms with Gasteiger partial charge in [0, 0.05) is 19.2 Å². The van der Waals surface area contributed by atoms with Crippen molar-refractivity contribution < 1.29 is 17.7 Å². The highest BCUT2D eigenvalue weighted by atomic mass is 32.1. The van der Waals surface area contributed by atoms with Gasteiger partial charge < -0.3 is 9.09 Å². The van der Waals surface area contributed by atoms with Gasteiger partial charge in [-0.15, -0.1) is 11.3 Å². The van der Waals surface area contributed by atoms with E-state index >= 15 is 0 Å². The van der Waals surface area contributed by atoms with Crippen molar-refractivity contribution in [3.8, 4) is 10.7 Å². The van der Waals surface area contributed by atoms with Crippen molar-refractivity contribution >= 4 is 11.3 Å². The molecular formula is C15H12F3N3O2S. The van der Waals surface area contributed by atoms with Crippen LogP contribution >= 0.6 is 11.3 Å². The predicted octanol–water partition coefficient (Wildman–Crippen LogP) is 3.61. The molecule has 0 saturated carbocycles. The molecule has 3 aromatic rings. The molecule has 3 aromatic heterocycles. The topological polar surface area (TPSA) is 60.9 Å². The lowest BCUT2D eigenvalue weighted by Crippen LogP contribution is -2.28. The Morgan fingerprint density at radius 2 is 2.08 bits per heavy atom. The Morgan fingerprint density at radius 3 is 2.79 bits per heavy atom. The number of pyridine rings is 1. The third-order valence-corrected chi connectivity index (χ3v) is 4.19. The van der Waals surface area contributed by atoms with Crippen LogP contribution in [0.1, 0.15) is 17.9 Å². The smallest absolute Gasteiger partial charge is 0.339 e. The first-order valence-corrected chi connectivity index (χ1v) is 7.96. The fourth-order valence-electron chi connectivity index (χ4n) is 2.19. The Kier molecular flexibility index (Phi) is 4.52. The lowest BCUT2D eigenvalue weighted by atomic mass is 10.2. The van der Waals surface area contributed by atoms with Crippen molar-refractivity contribution in [3.05, 3.63) is 57.7 Å². The Morgan fingerprint density at radius 1 is 1.25 bits per heavy atom. The summed E-state index contributed by atoms with van der Waals surface area (Å²) in [4.78, 5) is 16.9. The van der Waals surface area contributed by atoms with E-state index < -0.39 is 17.3 Å². The monoisotopic (exact) mass is 355 g/mol. The Hall–Kier alpha value is -2.42. The maximum atomic E-state index is 12.7. The van der Waals surface area contributed by atoms with Gasteiger partial charge in [0.05, 0.1) is 4.88 Å². The molecule has 5 nitrogen and oxygen atoms in total. The van der Waals surface area contributed by atoms with Gasteiger partial charge in [0.15, 0.2) is 0 Å². The van der Waals surface area contributed by atoms with Gasteiger partial charge in [-0.3, -0.25) is 4.79 Å². The molecule has 24 heavy (non-hydrogen) atoms. The van der Waals surface area contributed by atoms with Crippen LogP contribution < -0.4 is 5.56 Å². The fraction of sp³-hybridized carbons (Fsp3) is 0.267. The standard InChI is InChI=1S/C15H12F3N3O2S/c16-15(17,18)10-4-1-7-21(14(10)22)8-2-6-12-19-13(20-23-12)11-5-3-9-24-11/h1,3-5,7,9H,2,6,8H2. The van der Waals surface area contributed by atoms with E-state index in [9.17, 15) is 18.0 Å². The maximum absolute atomic E-state index is 12.7. The van der Waals surface area contributed by atoms with E-state index in [1.165, 1.54) is 23.6 Å². The van der Waals surface area contributed by atoms with E-state index in [-0.39, 0.29) is 6.54 Å². The van der Waals surface area contributed by atoms with Gasteiger partial charge in [-0.1, -0.05) is 11.2 Å². The number of halogens is 3. The first-order chi connectivity index (χ1) is 11.4. The van der Waals surface area contributed by atoms with E-state index in [0.29, 0.717) is 24.6 Å². The summed E-state index contributed by atoms with van der Waals surface area (Å²) in [5, 5.41) is 5.75. The molecule has 0 N–H and O–H groups in total. The normalized spacial score (nSPS) is 11.8. The van der Waals surface area contributed by atoms with Gasteiger partial charge in [-0.05, 0) is 30.0 Å². The summed E-state index contributed by atoms with van der Waals surface area (Å²) in [6.45, 7) is 0.138. The van der Waals surface area contributed by atoms with Crippen molar-refractivity contribution in [1.82, 2.24) is 14.7 Å². The quantitative estimate of drug-likeness (QED) is 0.701. The van der Waals surface area contributed by atoms with Crippen LogP contribution in [0.5, 0.6) is 0 Å². The molecule has 0 aliphatic carbocycles. The fourth-order valence-corrected chi connectivity index (χ4v) is 2.84. The molecule has 0 aliphatic rings. The van der Waals surface area contributed by atoms with E-state index in [4.69, 9.17) is 4.52 Å². The summed E-state index contributed by atoms with van der Waals surface area (Å²) in [6.07, 6.45) is -2.53. The molecule has 126 valence electrons. The Balaban J connectivity index is 1.64. The van der Waals surface area contributed by atoms with E-state index in [1.54, 1.807) is 0 Å². The molecule has 9 heteroatoms. The second-order valence-electron chi connectivity index (χ2n) is 5.01. The second-order valence-corrected chi connectivity index (χ2v) is 5.96. The van der Waals surface area contributed by atoms with Crippen LogP contribution in [-0.4, -0.2) is 14.7 Å². The minimum atomic E-state index is -4.65. The molecule has 0 unspecified atom stereocenters. The van der Waals surface area contributed by atoms with Gasteiger partial charge in [0.1, 0.15) is 5.56 Å². The lowest BCUT2D eigenvalue weighted by Gasteiger charge is -2.09. The van der Waals surface area contributed by atoms with Gasteiger partial charge >= 0.3 is 6.18 Å². The van der Waals surface area contributed by atoms with Crippen LogP contribution in [-0.2, 0) is 19.1 Å². The highest BCUT2D eigenvalue weighted by Crippen LogP contribution is 2.26. The summed E-state index contributed by atoms with van der Waals surface area (Å²) >= 11 is 1.48. The van der Waals surface area contributed by atoms with Crippen molar-refractivity contribution in [2.24, 2.45) is 0 Å². The molecule has 0 saturated heterocycles. The van der Waals surface area contributed by atoms with Gasteiger partial charge in [-0.2, -0.15) is 18.2 Å². The number of aryl methyl sites for hydroxylation is 2. The number of nitrogens with zero attached hydrogens (tertiary/aromatic N) is 3. The number of alkyl halides is 3. The second kappa shape index (κ2) is 6.60. The molecule has 0 atom stereocenters. The van der Waals surface area contributed by atoms with Crippen LogP contribution in [0.15, 0.2) is 45.2 Å². The number of hydrogen-bond donors (Lipinski definition) is 0. The van der Waals surface area contributed by atoms with Crippen LogP contribution in [0.25, 0.3) is 10.7 Å². The molecule has 0 fully saturated rings. The summed E-state index contributed by atoms with van der Waals surface area (Å²) in [7, 11) is 0. The minimum Gasteiger partial charge on any atom is -0.339 e. The first-order valence-electron chi connectivity index (χ1n) is 7.08. The van der Waals surface area contributed by atoms with Crippen LogP contribution in [0.4, 0.5) is 13.2 Å². The van der Waals surface area contributed by atoms with Crippen LogP contribution in [0, 0.1) is 0 Å². The summed E-state index contributed by atoms with van der Waals surface area (Å²) in [6, 6.07) is 5.73. The molecule has 0 aromatic carbocycles. The van der Waals surface area contributed by atoms with E-state index in [0.717, 1.165) is 15.5 Å². The SMILES string of the molecule is O=c1c(C(F)(F)F)cccn1CCCc1nc(-c2cccs2)no1. The van der Waals surface area contributed by atoms with Crippen molar-refractivity contribution in [3.63, 3.8) is 0 Å². The van der Waals surface area contributed by atoms with Crippen LogP contribution in [0.2, 0.25) is 0 Å². The molecule has 3 heterocycles. The average Bonchev–Trinajstić information content (AvgIpc) is 3.18. The third-order valence-electron chi connectivity index (χ3n) is 3.32. The van der Waals surface area contributed by atoms with Crippen LogP contribution in [0.3, 0.4) is 0 Å². The van der Waals surface area contributed by atoms with Gasteiger partial charge in [0.2, 0.25) is 11.7 Å².